The molecule has 0 saturated carbocycles. The summed E-state index contributed by atoms with van der Waals surface area (Å²) in [5.74, 6) is 0. The van der Waals surface area contributed by atoms with Crippen LogP contribution < -0.4 is 30.4 Å². The summed E-state index contributed by atoms with van der Waals surface area (Å²) in [6.45, 7) is 30.3. The number of benzene rings is 10. The Morgan fingerprint density at radius 2 is 0.918 bits per heavy atom. The number of rotatable bonds is 6. The molecule has 0 fully saturated rings. The summed E-state index contributed by atoms with van der Waals surface area (Å²) in [7, 11) is 0. The van der Waals surface area contributed by atoms with E-state index < -0.39 is 0 Å². The first-order valence-electron chi connectivity index (χ1n) is 30.6. The van der Waals surface area contributed by atoms with Gasteiger partial charge in [-0.1, -0.05) is 223 Å². The van der Waals surface area contributed by atoms with Crippen LogP contribution in [0.5, 0.6) is 0 Å². The van der Waals surface area contributed by atoms with Crippen molar-refractivity contribution in [3.8, 4) is 33.4 Å². The fourth-order valence-electron chi connectivity index (χ4n) is 14.8. The molecule has 0 saturated heterocycles. The minimum absolute atomic E-state index is 0.00751. The SMILES string of the molecule is CC(C)(C)c1ccc(N(c2ccc(C(C)(C)C)cc2)c2ccc3c(c2)N(c2cccc4c2-c2ccccc2C4(C)C)c2cc(-c4ccccc4)cc4c2B3c2sc3cc5c(cc3c2N4c2ccc(C(C)(C)C)cc2)-c2ccccc2C5(C)C)cc1. The average molecular weight is 1120 g/mol. The Kier molecular flexibility index (Phi) is 11.7. The Balaban J connectivity index is 1.07. The van der Waals surface area contributed by atoms with Crippen molar-refractivity contribution in [1.29, 1.82) is 0 Å². The standard InChI is InChI=1S/C80H74BN3S/c1-76(2,3)51-30-36-54(37-31-51)82(55-38-32-52(33-39-55)77(4,5)6)57-42-43-66-68(46-57)84(67-29-21-28-64-72(67)59-25-18-20-27-63(59)79(64,10)11)70-45-50(49-22-15-14-16-23-49)44-69-73(70)81(66)75-74(83(69)56-40-34-53(35-41-56)78(7,8)9)61-47-60-58-24-17-19-26-62(58)80(12,13)65(60)48-71(61)85-75/h14-48H,1-13H3. The van der Waals surface area contributed by atoms with Crippen LogP contribution in [0.4, 0.5) is 51.2 Å². The Bertz CT molecular complexity index is 4470. The molecule has 0 atom stereocenters. The Morgan fingerprint density at radius 3 is 1.53 bits per heavy atom. The van der Waals surface area contributed by atoms with E-state index in [0.29, 0.717) is 0 Å². The zero-order valence-electron chi connectivity index (χ0n) is 51.5. The first-order chi connectivity index (χ1) is 40.6. The van der Waals surface area contributed by atoms with Crippen LogP contribution in [0.1, 0.15) is 129 Å². The molecule has 0 N–H and O–H groups in total. The molecule has 85 heavy (non-hydrogen) atoms. The van der Waals surface area contributed by atoms with E-state index in [1.165, 1.54) is 127 Å². The molecule has 5 heteroatoms. The third-order valence-corrected chi connectivity index (χ3v) is 20.7. The van der Waals surface area contributed by atoms with Crippen molar-refractivity contribution in [2.45, 2.75) is 117 Å². The molecule has 3 nitrogen and oxygen atoms in total. The lowest BCUT2D eigenvalue weighted by molar-refractivity contribution is 0.590. The van der Waals surface area contributed by atoms with Gasteiger partial charge >= 0.3 is 0 Å². The Labute approximate surface area is 508 Å². The van der Waals surface area contributed by atoms with Gasteiger partial charge in [0.25, 0.3) is 6.71 Å². The van der Waals surface area contributed by atoms with Gasteiger partial charge in [0.05, 0.1) is 11.4 Å². The zero-order valence-corrected chi connectivity index (χ0v) is 52.4. The van der Waals surface area contributed by atoms with Gasteiger partial charge in [-0.2, -0.15) is 0 Å². The summed E-state index contributed by atoms with van der Waals surface area (Å²) in [6.07, 6.45) is 0. The van der Waals surface area contributed by atoms with Crippen molar-refractivity contribution in [3.05, 3.63) is 251 Å². The average Bonchev–Trinajstić information content (AvgIpc) is 1.85. The highest BCUT2D eigenvalue weighted by molar-refractivity contribution is 7.33. The fraction of sp³-hybridized carbons (Fsp3) is 0.225. The highest BCUT2D eigenvalue weighted by Crippen LogP contribution is 2.58. The summed E-state index contributed by atoms with van der Waals surface area (Å²) in [6, 6.07) is 82.3. The molecule has 4 aliphatic rings. The molecule has 10 aromatic carbocycles. The molecule has 15 rings (SSSR count). The molecule has 0 radical (unpaired) electrons. The maximum absolute atomic E-state index is 2.69. The first kappa shape index (κ1) is 53.4. The normalized spacial score (nSPS) is 15.0. The molecule has 0 unspecified atom stereocenters. The van der Waals surface area contributed by atoms with Crippen molar-refractivity contribution in [3.63, 3.8) is 0 Å². The van der Waals surface area contributed by atoms with Crippen LogP contribution >= 0.6 is 11.3 Å². The Morgan fingerprint density at radius 1 is 0.400 bits per heavy atom. The van der Waals surface area contributed by atoms with Crippen molar-refractivity contribution >= 4 is 95.0 Å². The number of nitrogens with zero attached hydrogens (tertiary/aromatic N) is 3. The molecule has 0 amide bonds. The minimum atomic E-state index is -0.206. The summed E-state index contributed by atoms with van der Waals surface area (Å²) in [4.78, 5) is 7.84. The topological polar surface area (TPSA) is 9.72 Å². The molecule has 11 aromatic rings. The van der Waals surface area contributed by atoms with Gasteiger partial charge in [-0.25, -0.2) is 0 Å². The fourth-order valence-corrected chi connectivity index (χ4v) is 16.2. The number of hydrogen-bond donors (Lipinski definition) is 0. The van der Waals surface area contributed by atoms with Crippen molar-refractivity contribution in [1.82, 2.24) is 0 Å². The van der Waals surface area contributed by atoms with E-state index in [1.807, 2.05) is 11.3 Å². The second-order valence-electron chi connectivity index (χ2n) is 28.6. The van der Waals surface area contributed by atoms with Gasteiger partial charge in [-0.3, -0.25) is 0 Å². The number of hydrogen-bond acceptors (Lipinski definition) is 4. The maximum Gasteiger partial charge on any atom is 0.264 e. The van der Waals surface area contributed by atoms with Gasteiger partial charge < -0.3 is 14.7 Å². The monoisotopic (exact) mass is 1120 g/mol. The van der Waals surface area contributed by atoms with E-state index >= 15 is 0 Å². The molecule has 2 aliphatic carbocycles. The molecular formula is C80H74BN3S. The third kappa shape index (κ3) is 8.12. The predicted octanol–water partition coefficient (Wildman–Crippen LogP) is 20.6. The summed E-state index contributed by atoms with van der Waals surface area (Å²) >= 11 is 2.00. The smallest absolute Gasteiger partial charge is 0.264 e. The van der Waals surface area contributed by atoms with Crippen LogP contribution in [0.2, 0.25) is 0 Å². The zero-order chi connectivity index (χ0) is 58.9. The number of fused-ring (bicyclic) bond motifs is 12. The van der Waals surface area contributed by atoms with Crippen molar-refractivity contribution < 1.29 is 0 Å². The van der Waals surface area contributed by atoms with Crippen molar-refractivity contribution in [2.75, 3.05) is 14.7 Å². The van der Waals surface area contributed by atoms with Crippen LogP contribution in [-0.4, -0.2) is 6.71 Å². The van der Waals surface area contributed by atoms with Crippen LogP contribution in [0.25, 0.3) is 43.5 Å². The van der Waals surface area contributed by atoms with Gasteiger partial charge in [0.15, 0.2) is 0 Å². The van der Waals surface area contributed by atoms with Gasteiger partial charge in [0.2, 0.25) is 0 Å². The van der Waals surface area contributed by atoms with Crippen LogP contribution in [0.15, 0.2) is 212 Å². The second kappa shape index (κ2) is 18.6. The lowest BCUT2D eigenvalue weighted by Crippen LogP contribution is -2.60. The molecule has 3 heterocycles. The summed E-state index contributed by atoms with van der Waals surface area (Å²) < 4.78 is 2.69. The van der Waals surface area contributed by atoms with E-state index in [2.05, 4.69) is 317 Å². The van der Waals surface area contributed by atoms with Gasteiger partial charge in [0.1, 0.15) is 0 Å². The number of thiophene rings is 1. The van der Waals surface area contributed by atoms with E-state index in [9.17, 15) is 0 Å². The number of anilines is 9. The summed E-state index contributed by atoms with van der Waals surface area (Å²) in [5, 5.41) is 1.30. The molecular weight excluding hydrogens is 1050 g/mol. The van der Waals surface area contributed by atoms with Gasteiger partial charge in [-0.05, 0) is 173 Å². The first-order valence-corrected chi connectivity index (χ1v) is 31.4. The van der Waals surface area contributed by atoms with E-state index in [-0.39, 0.29) is 33.8 Å². The van der Waals surface area contributed by atoms with E-state index in [1.54, 1.807) is 0 Å². The molecule has 0 bridgehead atoms. The van der Waals surface area contributed by atoms with Crippen molar-refractivity contribution in [2.24, 2.45) is 0 Å². The highest BCUT2D eigenvalue weighted by Gasteiger charge is 2.48. The lowest BCUT2D eigenvalue weighted by atomic mass is 9.36. The second-order valence-corrected chi connectivity index (χ2v) is 29.7. The lowest BCUT2D eigenvalue weighted by Gasteiger charge is -2.44. The molecule has 0 spiro atoms. The molecule has 2 aliphatic heterocycles. The van der Waals surface area contributed by atoms with Gasteiger partial charge in [-0.15, -0.1) is 11.3 Å². The summed E-state index contributed by atoms with van der Waals surface area (Å²) in [5.41, 5.74) is 30.0. The third-order valence-electron chi connectivity index (χ3n) is 19.5. The quantitative estimate of drug-likeness (QED) is 0.154. The van der Waals surface area contributed by atoms with Crippen LogP contribution in [0.3, 0.4) is 0 Å². The Hall–Kier alpha value is -8.38. The van der Waals surface area contributed by atoms with E-state index in [0.717, 1.165) is 22.7 Å². The van der Waals surface area contributed by atoms with E-state index in [4.69, 9.17) is 0 Å². The van der Waals surface area contributed by atoms with Crippen LogP contribution in [0, 0.1) is 0 Å². The predicted molar refractivity (Wildman–Crippen MR) is 367 cm³/mol. The minimum Gasteiger partial charge on any atom is -0.311 e. The highest BCUT2D eigenvalue weighted by atomic mass is 32.1. The molecule has 1 aromatic heterocycles. The maximum atomic E-state index is 2.69. The van der Waals surface area contributed by atoms with Crippen LogP contribution in [-0.2, 0) is 27.1 Å². The largest absolute Gasteiger partial charge is 0.311 e. The van der Waals surface area contributed by atoms with Gasteiger partial charge in [0, 0.05) is 71.1 Å². The molecule has 418 valence electrons.